The molecule has 0 spiro atoms. The number of likely N-dealkylation sites (tertiary alicyclic amines) is 1. The molecule has 3 fully saturated rings. The van der Waals surface area contributed by atoms with Crippen molar-refractivity contribution in [2.24, 2.45) is 5.92 Å². The molecule has 4 heterocycles. The lowest BCUT2D eigenvalue weighted by Gasteiger charge is -2.33. The van der Waals surface area contributed by atoms with Crippen molar-refractivity contribution in [2.45, 2.75) is 57.0 Å². The number of hydrogen-bond donors (Lipinski definition) is 2. The average Bonchev–Trinajstić information content (AvgIpc) is 3.39. The number of hydrogen-bond acceptors (Lipinski definition) is 8. The molecule has 3 aliphatic rings. The number of imidazole rings is 1. The maximum atomic E-state index is 14.1. The summed E-state index contributed by atoms with van der Waals surface area (Å²) >= 11 is 0. The van der Waals surface area contributed by atoms with E-state index in [0.29, 0.717) is 54.9 Å². The summed E-state index contributed by atoms with van der Waals surface area (Å²) in [4.78, 5) is 30.8. The van der Waals surface area contributed by atoms with E-state index >= 15 is 0 Å². The molecule has 1 aromatic carbocycles. The van der Waals surface area contributed by atoms with Crippen LogP contribution in [0.1, 0.15) is 50.8 Å². The van der Waals surface area contributed by atoms with Crippen LogP contribution in [0.15, 0.2) is 30.3 Å². The number of aromatic nitrogens is 4. The fourth-order valence-electron chi connectivity index (χ4n) is 6.24. The van der Waals surface area contributed by atoms with Gasteiger partial charge < -0.3 is 25.2 Å². The van der Waals surface area contributed by atoms with E-state index < -0.39 is 6.43 Å². The third-order valence-electron chi connectivity index (χ3n) is 8.43. The van der Waals surface area contributed by atoms with Gasteiger partial charge in [0.05, 0.1) is 30.2 Å². The van der Waals surface area contributed by atoms with Crippen molar-refractivity contribution in [3.05, 3.63) is 36.2 Å². The second-order valence-electron chi connectivity index (χ2n) is 11.4. The minimum Gasteiger partial charge on any atom is -0.378 e. The zero-order valence-electron chi connectivity index (χ0n) is 23.8. The number of fused-ring (bicyclic) bond motifs is 1. The number of morpholine rings is 1. The SMILES string of the molecule is CN1CCC[C@@H](C(=O)N[C@H]2CC[C@H](Nc3cc(-n4c(C(F)F)nc5ccccc54)nc(N4CCOCC4)n3)CC2)C1.Cl. The highest BCUT2D eigenvalue weighted by Crippen LogP contribution is 2.30. The molecular weight excluding hydrogens is 566 g/mol. The lowest BCUT2D eigenvalue weighted by molar-refractivity contribution is -0.127. The Morgan fingerprint density at radius 2 is 1.74 bits per heavy atom. The minimum atomic E-state index is -2.76. The highest BCUT2D eigenvalue weighted by molar-refractivity contribution is 5.85. The van der Waals surface area contributed by atoms with Crippen LogP contribution in [0.3, 0.4) is 0 Å². The Bertz CT molecular complexity index is 1360. The summed E-state index contributed by atoms with van der Waals surface area (Å²) in [5.41, 5.74) is 1.06. The van der Waals surface area contributed by atoms with Gasteiger partial charge in [-0.05, 0) is 64.3 Å². The largest absolute Gasteiger partial charge is 0.378 e. The molecule has 1 aliphatic carbocycles. The van der Waals surface area contributed by atoms with E-state index in [1.165, 1.54) is 4.57 Å². The first kappa shape index (κ1) is 30.4. The zero-order valence-corrected chi connectivity index (χ0v) is 24.7. The molecule has 0 bridgehead atoms. The number of halogens is 3. The molecular formula is C29H39ClF2N8O2. The third-order valence-corrected chi connectivity index (χ3v) is 8.43. The smallest absolute Gasteiger partial charge is 0.296 e. The van der Waals surface area contributed by atoms with Crippen LogP contribution < -0.4 is 15.5 Å². The van der Waals surface area contributed by atoms with Gasteiger partial charge in [-0.15, -0.1) is 12.4 Å². The van der Waals surface area contributed by atoms with Crippen molar-refractivity contribution in [1.82, 2.24) is 29.7 Å². The summed E-state index contributed by atoms with van der Waals surface area (Å²) in [5.74, 6) is 1.32. The van der Waals surface area contributed by atoms with Gasteiger partial charge in [0.25, 0.3) is 6.43 Å². The van der Waals surface area contributed by atoms with Crippen LogP contribution in [-0.2, 0) is 9.53 Å². The number of piperidine rings is 1. The zero-order chi connectivity index (χ0) is 28.3. The van der Waals surface area contributed by atoms with Gasteiger partial charge in [0.2, 0.25) is 11.9 Å². The number of para-hydroxylation sites is 2. The molecule has 6 rings (SSSR count). The molecule has 0 radical (unpaired) electrons. The van der Waals surface area contributed by atoms with Gasteiger partial charge in [-0.1, -0.05) is 12.1 Å². The second kappa shape index (κ2) is 13.5. The summed E-state index contributed by atoms with van der Waals surface area (Å²) in [6, 6.07) is 9.15. The summed E-state index contributed by atoms with van der Waals surface area (Å²) in [6.45, 7) is 4.23. The maximum Gasteiger partial charge on any atom is 0.296 e. The van der Waals surface area contributed by atoms with E-state index in [2.05, 4.69) is 27.6 Å². The molecule has 2 N–H and O–H groups in total. The molecule has 228 valence electrons. The fraction of sp³-hybridized carbons (Fsp3) is 0.586. The average molecular weight is 605 g/mol. The van der Waals surface area contributed by atoms with Gasteiger partial charge in [-0.2, -0.15) is 9.97 Å². The Hall–Kier alpha value is -3.09. The highest BCUT2D eigenvalue weighted by Gasteiger charge is 2.29. The van der Waals surface area contributed by atoms with E-state index in [1.807, 2.05) is 11.0 Å². The Labute approximate surface area is 250 Å². The van der Waals surface area contributed by atoms with Gasteiger partial charge in [0, 0.05) is 37.8 Å². The third kappa shape index (κ3) is 6.76. The number of carbonyl (C=O) groups is 1. The van der Waals surface area contributed by atoms with Gasteiger partial charge in [-0.25, -0.2) is 13.8 Å². The van der Waals surface area contributed by atoms with Gasteiger partial charge in [0.1, 0.15) is 11.6 Å². The number of anilines is 2. The molecule has 0 unspecified atom stereocenters. The first-order valence-corrected chi connectivity index (χ1v) is 14.7. The monoisotopic (exact) mass is 604 g/mol. The molecule has 1 atom stereocenters. The van der Waals surface area contributed by atoms with Crippen LogP contribution in [0.2, 0.25) is 0 Å². The van der Waals surface area contributed by atoms with E-state index in [1.54, 1.807) is 24.3 Å². The number of nitrogens with one attached hydrogen (secondary N) is 2. The van der Waals surface area contributed by atoms with Crippen LogP contribution in [0, 0.1) is 5.92 Å². The second-order valence-corrected chi connectivity index (χ2v) is 11.4. The van der Waals surface area contributed by atoms with Gasteiger partial charge in [-0.3, -0.25) is 9.36 Å². The van der Waals surface area contributed by atoms with Crippen molar-refractivity contribution in [2.75, 3.05) is 56.7 Å². The van der Waals surface area contributed by atoms with Crippen molar-refractivity contribution >= 4 is 41.1 Å². The molecule has 2 aliphatic heterocycles. The number of amides is 1. The van der Waals surface area contributed by atoms with Crippen molar-refractivity contribution < 1.29 is 18.3 Å². The summed E-state index contributed by atoms with van der Waals surface area (Å²) in [5, 5.41) is 6.84. The Morgan fingerprint density at radius 3 is 2.48 bits per heavy atom. The van der Waals surface area contributed by atoms with Crippen molar-refractivity contribution in [3.63, 3.8) is 0 Å². The lowest BCUT2D eigenvalue weighted by Crippen LogP contribution is -2.46. The predicted molar refractivity (Wildman–Crippen MR) is 160 cm³/mol. The Balaban J connectivity index is 0.00000353. The van der Waals surface area contributed by atoms with E-state index in [4.69, 9.17) is 14.7 Å². The lowest BCUT2D eigenvalue weighted by atomic mass is 9.90. The van der Waals surface area contributed by atoms with Crippen LogP contribution in [0.5, 0.6) is 0 Å². The number of rotatable bonds is 7. The topological polar surface area (TPSA) is 100 Å². The molecule has 1 amide bonds. The summed E-state index contributed by atoms with van der Waals surface area (Å²) in [6.07, 6.45) is 2.75. The Morgan fingerprint density at radius 1 is 1.00 bits per heavy atom. The highest BCUT2D eigenvalue weighted by atomic mass is 35.5. The fourth-order valence-corrected chi connectivity index (χ4v) is 6.24. The van der Waals surface area contributed by atoms with Crippen LogP contribution >= 0.6 is 12.4 Å². The van der Waals surface area contributed by atoms with Crippen LogP contribution in [-0.4, -0.2) is 88.9 Å². The standard InChI is InChI=1S/C29H38F2N8O2.ClH/c1-37-12-4-5-19(18-37)28(40)33-21-10-8-20(9-11-21)32-24-17-25(36-29(35-24)38-13-15-41-16-14-38)39-23-7-3-2-6-22(23)34-27(39)26(30)31;/h2-3,6-7,17,19-21,26H,4-5,8-16,18H2,1H3,(H,33,40)(H,32,35,36);1H/t19-,20-,21-;/m1./s1. The number of benzene rings is 1. The number of ether oxygens (including phenoxy) is 1. The van der Waals surface area contributed by atoms with E-state index in [-0.39, 0.29) is 42.1 Å². The predicted octanol–water partition coefficient (Wildman–Crippen LogP) is 4.19. The summed E-state index contributed by atoms with van der Waals surface area (Å²) in [7, 11) is 2.07. The van der Waals surface area contributed by atoms with Crippen molar-refractivity contribution in [1.29, 1.82) is 0 Å². The molecule has 1 saturated carbocycles. The summed E-state index contributed by atoms with van der Waals surface area (Å²) < 4.78 is 35.2. The Kier molecular flexibility index (Phi) is 9.74. The molecule has 2 saturated heterocycles. The number of nitrogens with zero attached hydrogens (tertiary/aromatic N) is 6. The van der Waals surface area contributed by atoms with Gasteiger partial charge in [0.15, 0.2) is 5.82 Å². The number of carbonyl (C=O) groups excluding carboxylic acids is 1. The quantitative estimate of drug-likeness (QED) is 0.414. The molecule has 13 heteroatoms. The van der Waals surface area contributed by atoms with Gasteiger partial charge >= 0.3 is 0 Å². The number of alkyl halides is 2. The minimum absolute atomic E-state index is 0. The van der Waals surface area contributed by atoms with E-state index in [0.717, 1.165) is 51.6 Å². The van der Waals surface area contributed by atoms with E-state index in [9.17, 15) is 13.6 Å². The molecule has 3 aromatic rings. The van der Waals surface area contributed by atoms with Crippen LogP contribution in [0.4, 0.5) is 20.5 Å². The first-order valence-electron chi connectivity index (χ1n) is 14.7. The van der Waals surface area contributed by atoms with Crippen LogP contribution in [0.25, 0.3) is 16.9 Å². The molecule has 42 heavy (non-hydrogen) atoms. The normalized spacial score (nSPS) is 23.5. The first-order chi connectivity index (χ1) is 19.9. The molecule has 10 nitrogen and oxygen atoms in total. The maximum absolute atomic E-state index is 14.1. The van der Waals surface area contributed by atoms with Crippen molar-refractivity contribution in [3.8, 4) is 5.82 Å². The molecule has 2 aromatic heterocycles.